The number of benzene rings is 1. The molecule has 0 saturated carbocycles. The highest BCUT2D eigenvalue weighted by molar-refractivity contribution is 5.88. The maximum absolute atomic E-state index is 11.6. The van der Waals surface area contributed by atoms with Gasteiger partial charge in [0.1, 0.15) is 6.07 Å². The molecule has 0 aliphatic heterocycles. The molecule has 2 rings (SSSR count). The Morgan fingerprint density at radius 1 is 1.56 bits per heavy atom. The molecule has 16 heavy (non-hydrogen) atoms. The van der Waals surface area contributed by atoms with Crippen molar-refractivity contribution >= 4 is 17.1 Å². The quantitative estimate of drug-likeness (QED) is 0.728. The summed E-state index contributed by atoms with van der Waals surface area (Å²) in [5, 5.41) is 8.90. The summed E-state index contributed by atoms with van der Waals surface area (Å²) < 4.78 is 6.05. The molecule has 5 nitrogen and oxygen atoms in total. The predicted molar refractivity (Wildman–Crippen MR) is 56.9 cm³/mol. The van der Waals surface area contributed by atoms with Crippen LogP contribution < -0.4 is 0 Å². The van der Waals surface area contributed by atoms with E-state index in [1.807, 2.05) is 6.07 Å². The third-order valence-electron chi connectivity index (χ3n) is 2.11. The van der Waals surface area contributed by atoms with Gasteiger partial charge >= 0.3 is 6.09 Å². The largest absolute Gasteiger partial charge is 0.449 e. The lowest BCUT2D eigenvalue weighted by molar-refractivity contribution is 0.154. The first-order valence-corrected chi connectivity index (χ1v) is 4.82. The van der Waals surface area contributed by atoms with E-state index in [1.54, 1.807) is 31.2 Å². The van der Waals surface area contributed by atoms with Crippen molar-refractivity contribution in [2.24, 2.45) is 0 Å². The van der Waals surface area contributed by atoms with E-state index in [-0.39, 0.29) is 12.4 Å². The lowest BCUT2D eigenvalue weighted by Crippen LogP contribution is -2.15. The van der Waals surface area contributed by atoms with Gasteiger partial charge in [-0.1, -0.05) is 12.1 Å². The summed E-state index contributed by atoms with van der Waals surface area (Å²) in [6.45, 7) is 1.97. The molecule has 2 aromatic rings. The molecule has 0 atom stereocenters. The van der Waals surface area contributed by atoms with Crippen LogP contribution in [-0.2, 0) is 4.74 Å². The number of nitrogens with zero attached hydrogens (tertiary/aromatic N) is 3. The van der Waals surface area contributed by atoms with E-state index in [2.05, 4.69) is 4.98 Å². The molecule has 0 aliphatic carbocycles. The Labute approximate surface area is 91.9 Å². The predicted octanol–water partition coefficient (Wildman–Crippen LogP) is 1.91. The van der Waals surface area contributed by atoms with E-state index in [4.69, 9.17) is 10.00 Å². The normalized spacial score (nSPS) is 10.0. The molecular formula is C11H9N3O2. The Hall–Kier alpha value is -2.35. The fourth-order valence-corrected chi connectivity index (χ4v) is 1.47. The van der Waals surface area contributed by atoms with Crippen LogP contribution in [0, 0.1) is 11.3 Å². The molecule has 0 saturated heterocycles. The molecule has 0 aliphatic rings. The highest BCUT2D eigenvalue weighted by Gasteiger charge is 2.16. The van der Waals surface area contributed by atoms with Gasteiger partial charge in [0.25, 0.3) is 0 Å². The van der Waals surface area contributed by atoms with Gasteiger partial charge in [0.2, 0.25) is 5.82 Å². The third-order valence-corrected chi connectivity index (χ3v) is 2.11. The smallest absolute Gasteiger partial charge is 0.420 e. The number of ether oxygens (including phenoxy) is 1. The third kappa shape index (κ3) is 1.50. The van der Waals surface area contributed by atoms with Crippen LogP contribution in [0.5, 0.6) is 0 Å². The molecule has 0 spiro atoms. The van der Waals surface area contributed by atoms with E-state index < -0.39 is 6.09 Å². The van der Waals surface area contributed by atoms with Gasteiger partial charge < -0.3 is 4.74 Å². The summed E-state index contributed by atoms with van der Waals surface area (Å²) in [5.41, 5.74) is 1.18. The minimum Gasteiger partial charge on any atom is -0.449 e. The zero-order chi connectivity index (χ0) is 11.5. The number of imidazole rings is 1. The first-order chi connectivity index (χ1) is 7.77. The van der Waals surface area contributed by atoms with Gasteiger partial charge in [-0.2, -0.15) is 5.26 Å². The van der Waals surface area contributed by atoms with Crippen LogP contribution in [0.1, 0.15) is 12.7 Å². The van der Waals surface area contributed by atoms with Crippen molar-refractivity contribution in [2.75, 3.05) is 6.61 Å². The summed E-state index contributed by atoms with van der Waals surface area (Å²) in [7, 11) is 0. The second kappa shape index (κ2) is 4.03. The van der Waals surface area contributed by atoms with Crippen LogP contribution in [0.25, 0.3) is 11.0 Å². The maximum atomic E-state index is 11.6. The van der Waals surface area contributed by atoms with E-state index in [1.165, 1.54) is 4.57 Å². The second-order valence-corrected chi connectivity index (χ2v) is 3.07. The first-order valence-electron chi connectivity index (χ1n) is 4.82. The summed E-state index contributed by atoms with van der Waals surface area (Å²) in [6.07, 6.45) is -0.576. The molecule has 1 aromatic heterocycles. The fourth-order valence-electron chi connectivity index (χ4n) is 1.47. The standard InChI is InChI=1S/C11H9N3O2/c1-2-16-11(15)14-9-6-4-3-5-8(9)13-10(14)7-12/h3-6H,2H2,1H3. The van der Waals surface area contributed by atoms with Gasteiger partial charge in [-0.15, -0.1) is 0 Å². The van der Waals surface area contributed by atoms with Crippen molar-refractivity contribution in [1.82, 2.24) is 9.55 Å². The second-order valence-electron chi connectivity index (χ2n) is 3.07. The van der Waals surface area contributed by atoms with Gasteiger partial charge in [0, 0.05) is 0 Å². The number of para-hydroxylation sites is 2. The van der Waals surface area contributed by atoms with Crippen LogP contribution in [-0.4, -0.2) is 22.3 Å². The number of nitriles is 1. The summed E-state index contributed by atoms with van der Waals surface area (Å²) in [6, 6.07) is 8.92. The van der Waals surface area contributed by atoms with Crippen LogP contribution in [0.2, 0.25) is 0 Å². The van der Waals surface area contributed by atoms with E-state index >= 15 is 0 Å². The lowest BCUT2D eigenvalue weighted by Gasteiger charge is -2.03. The maximum Gasteiger partial charge on any atom is 0.420 e. The molecule has 5 heteroatoms. The molecule has 0 fully saturated rings. The lowest BCUT2D eigenvalue weighted by atomic mass is 10.3. The molecule has 1 aromatic carbocycles. The zero-order valence-corrected chi connectivity index (χ0v) is 8.67. The monoisotopic (exact) mass is 215 g/mol. The molecule has 0 amide bonds. The van der Waals surface area contributed by atoms with Crippen molar-refractivity contribution < 1.29 is 9.53 Å². The molecule has 0 radical (unpaired) electrons. The van der Waals surface area contributed by atoms with Gasteiger partial charge in [0.15, 0.2) is 0 Å². The summed E-state index contributed by atoms with van der Waals surface area (Å²) in [4.78, 5) is 15.7. The number of carbonyl (C=O) groups is 1. The summed E-state index contributed by atoms with van der Waals surface area (Å²) >= 11 is 0. The van der Waals surface area contributed by atoms with Gasteiger partial charge in [-0.05, 0) is 19.1 Å². The first kappa shape index (κ1) is 10.2. The molecular weight excluding hydrogens is 206 g/mol. The number of hydrogen-bond donors (Lipinski definition) is 0. The van der Waals surface area contributed by atoms with E-state index in [0.717, 1.165) is 0 Å². The summed E-state index contributed by atoms with van der Waals surface area (Å²) in [5.74, 6) is 0.0413. The number of rotatable bonds is 1. The molecule has 1 heterocycles. The van der Waals surface area contributed by atoms with Crippen LogP contribution >= 0.6 is 0 Å². The Kier molecular flexibility index (Phi) is 2.56. The van der Waals surface area contributed by atoms with E-state index in [9.17, 15) is 4.79 Å². The average Bonchev–Trinajstić information content (AvgIpc) is 2.67. The Balaban J connectivity index is 2.66. The topological polar surface area (TPSA) is 67.9 Å². The van der Waals surface area contributed by atoms with Crippen molar-refractivity contribution in [3.05, 3.63) is 30.1 Å². The van der Waals surface area contributed by atoms with E-state index in [0.29, 0.717) is 11.0 Å². The van der Waals surface area contributed by atoms with Crippen LogP contribution in [0.4, 0.5) is 4.79 Å². The number of hydrogen-bond acceptors (Lipinski definition) is 4. The number of aromatic nitrogens is 2. The van der Waals surface area contributed by atoms with Crippen molar-refractivity contribution in [2.45, 2.75) is 6.92 Å². The minimum absolute atomic E-state index is 0.0413. The Morgan fingerprint density at radius 3 is 3.00 bits per heavy atom. The minimum atomic E-state index is -0.576. The van der Waals surface area contributed by atoms with Crippen LogP contribution in [0.3, 0.4) is 0 Å². The fraction of sp³-hybridized carbons (Fsp3) is 0.182. The van der Waals surface area contributed by atoms with Crippen molar-refractivity contribution in [3.8, 4) is 6.07 Å². The Bertz CT molecular complexity index is 580. The Morgan fingerprint density at radius 2 is 2.31 bits per heavy atom. The van der Waals surface area contributed by atoms with Gasteiger partial charge in [-0.25, -0.2) is 14.3 Å². The highest BCUT2D eigenvalue weighted by atomic mass is 16.5. The zero-order valence-electron chi connectivity index (χ0n) is 8.67. The molecule has 80 valence electrons. The SMILES string of the molecule is CCOC(=O)n1c(C#N)nc2ccccc21. The number of carbonyl (C=O) groups excluding carboxylic acids is 1. The van der Waals surface area contributed by atoms with Crippen LogP contribution in [0.15, 0.2) is 24.3 Å². The van der Waals surface area contributed by atoms with Gasteiger partial charge in [-0.3, -0.25) is 0 Å². The average molecular weight is 215 g/mol. The molecule has 0 unspecified atom stereocenters. The molecule has 0 bridgehead atoms. The number of fused-ring (bicyclic) bond motifs is 1. The molecule has 0 N–H and O–H groups in total. The van der Waals surface area contributed by atoms with Crippen molar-refractivity contribution in [1.29, 1.82) is 5.26 Å². The highest BCUT2D eigenvalue weighted by Crippen LogP contribution is 2.15. The van der Waals surface area contributed by atoms with Crippen molar-refractivity contribution in [3.63, 3.8) is 0 Å². The van der Waals surface area contributed by atoms with Gasteiger partial charge in [0.05, 0.1) is 17.6 Å².